The zero-order chi connectivity index (χ0) is 12.4. The molecule has 1 atom stereocenters. The molecule has 0 aromatic heterocycles. The van der Waals surface area contributed by atoms with Crippen LogP contribution in [0.1, 0.15) is 30.1 Å². The summed E-state index contributed by atoms with van der Waals surface area (Å²) in [7, 11) is 0. The highest BCUT2D eigenvalue weighted by Crippen LogP contribution is 2.34. The van der Waals surface area contributed by atoms with Crippen molar-refractivity contribution in [2.24, 2.45) is 0 Å². The summed E-state index contributed by atoms with van der Waals surface area (Å²) >= 11 is 3.37. The number of hydrogen-bond acceptors (Lipinski definition) is 2. The van der Waals surface area contributed by atoms with Crippen LogP contribution in [-0.4, -0.2) is 16.2 Å². The van der Waals surface area contributed by atoms with Gasteiger partial charge in [-0.2, -0.15) is 0 Å². The molecule has 17 heavy (non-hydrogen) atoms. The van der Waals surface area contributed by atoms with Crippen molar-refractivity contribution in [2.45, 2.75) is 25.4 Å². The first kappa shape index (κ1) is 12.3. The van der Waals surface area contributed by atoms with E-state index in [9.17, 15) is 9.90 Å². The highest BCUT2D eigenvalue weighted by molar-refractivity contribution is 9.10. The van der Waals surface area contributed by atoms with Crippen LogP contribution in [0.2, 0.25) is 0 Å². The molecule has 0 saturated carbocycles. The van der Waals surface area contributed by atoms with Gasteiger partial charge in [-0.25, -0.2) is 4.79 Å². The van der Waals surface area contributed by atoms with E-state index in [0.717, 1.165) is 34.5 Å². The standard InChI is InChI=1S/C13H13BrO3/c14-10-5-4-8-2-1-3-9(6-12(15)16)13(17)11(8)7-10/h4-7,13,17H,1-3H2,(H,15,16)/b9-6+. The molecule has 0 aliphatic heterocycles. The molecule has 1 aliphatic rings. The van der Waals surface area contributed by atoms with Crippen LogP contribution in [0.25, 0.3) is 0 Å². The molecule has 0 spiro atoms. The van der Waals surface area contributed by atoms with Crippen molar-refractivity contribution in [1.82, 2.24) is 0 Å². The first-order chi connectivity index (χ1) is 8.08. The number of halogens is 1. The van der Waals surface area contributed by atoms with Gasteiger partial charge in [0.1, 0.15) is 6.10 Å². The molecular formula is C13H13BrO3. The predicted molar refractivity (Wildman–Crippen MR) is 67.8 cm³/mol. The van der Waals surface area contributed by atoms with E-state index in [1.54, 1.807) is 0 Å². The van der Waals surface area contributed by atoms with Crippen LogP contribution in [0.4, 0.5) is 0 Å². The first-order valence-corrected chi connectivity index (χ1v) is 6.27. The van der Waals surface area contributed by atoms with Gasteiger partial charge >= 0.3 is 5.97 Å². The van der Waals surface area contributed by atoms with Crippen LogP contribution in [0, 0.1) is 0 Å². The molecule has 1 unspecified atom stereocenters. The Labute approximate surface area is 108 Å². The molecule has 2 rings (SSSR count). The van der Waals surface area contributed by atoms with Crippen molar-refractivity contribution in [1.29, 1.82) is 0 Å². The highest BCUT2D eigenvalue weighted by atomic mass is 79.9. The SMILES string of the molecule is O=C(O)/C=C1\CCCc2ccc(Br)cc2C1O. The molecule has 3 nitrogen and oxygen atoms in total. The third-order valence-electron chi connectivity index (χ3n) is 2.97. The number of aliphatic hydroxyl groups is 1. The van der Waals surface area contributed by atoms with E-state index in [-0.39, 0.29) is 0 Å². The second-order valence-electron chi connectivity index (χ2n) is 4.16. The van der Waals surface area contributed by atoms with E-state index in [1.807, 2.05) is 18.2 Å². The number of aryl methyl sites for hydroxylation is 1. The monoisotopic (exact) mass is 296 g/mol. The van der Waals surface area contributed by atoms with Crippen molar-refractivity contribution >= 4 is 21.9 Å². The Kier molecular flexibility index (Phi) is 3.64. The van der Waals surface area contributed by atoms with Gasteiger partial charge in [-0.15, -0.1) is 0 Å². The number of hydrogen-bond donors (Lipinski definition) is 2. The van der Waals surface area contributed by atoms with Gasteiger partial charge in [0.2, 0.25) is 0 Å². The van der Waals surface area contributed by atoms with Gasteiger partial charge in [0.05, 0.1) is 0 Å². The van der Waals surface area contributed by atoms with Gasteiger partial charge in [-0.05, 0) is 48.1 Å². The lowest BCUT2D eigenvalue weighted by atomic mass is 9.98. The number of carboxylic acid groups (broad SMARTS) is 1. The minimum absolute atomic E-state index is 0.578. The molecule has 1 aromatic rings. The Morgan fingerprint density at radius 3 is 2.88 bits per heavy atom. The molecule has 1 aromatic carbocycles. The number of benzene rings is 1. The quantitative estimate of drug-likeness (QED) is 0.619. The minimum atomic E-state index is -1.00. The largest absolute Gasteiger partial charge is 0.478 e. The lowest BCUT2D eigenvalue weighted by Crippen LogP contribution is -2.04. The van der Waals surface area contributed by atoms with E-state index >= 15 is 0 Å². The van der Waals surface area contributed by atoms with Gasteiger partial charge in [-0.3, -0.25) is 0 Å². The van der Waals surface area contributed by atoms with Crippen molar-refractivity contribution in [3.8, 4) is 0 Å². The summed E-state index contributed by atoms with van der Waals surface area (Å²) in [4.78, 5) is 10.7. The average Bonchev–Trinajstić information content (AvgIpc) is 2.40. The fourth-order valence-electron chi connectivity index (χ4n) is 2.18. The van der Waals surface area contributed by atoms with Crippen molar-refractivity contribution in [3.05, 3.63) is 45.4 Å². The average molecular weight is 297 g/mol. The van der Waals surface area contributed by atoms with Gasteiger partial charge in [0.25, 0.3) is 0 Å². The summed E-state index contributed by atoms with van der Waals surface area (Å²) in [6.45, 7) is 0. The summed E-state index contributed by atoms with van der Waals surface area (Å²) in [5, 5.41) is 19.0. The fourth-order valence-corrected chi connectivity index (χ4v) is 2.56. The Balaban J connectivity index is 2.45. The summed E-state index contributed by atoms with van der Waals surface area (Å²) in [5.74, 6) is -1.00. The van der Waals surface area contributed by atoms with Gasteiger partial charge in [0, 0.05) is 10.5 Å². The number of aliphatic carboxylic acids is 1. The molecule has 0 heterocycles. The van der Waals surface area contributed by atoms with Crippen molar-refractivity contribution in [3.63, 3.8) is 0 Å². The topological polar surface area (TPSA) is 57.5 Å². The van der Waals surface area contributed by atoms with Crippen molar-refractivity contribution in [2.75, 3.05) is 0 Å². The molecule has 90 valence electrons. The number of fused-ring (bicyclic) bond motifs is 1. The first-order valence-electron chi connectivity index (χ1n) is 5.47. The Morgan fingerprint density at radius 1 is 1.41 bits per heavy atom. The zero-order valence-corrected chi connectivity index (χ0v) is 10.8. The van der Waals surface area contributed by atoms with Crippen LogP contribution >= 0.6 is 15.9 Å². The van der Waals surface area contributed by atoms with E-state index in [1.165, 1.54) is 0 Å². The van der Waals surface area contributed by atoms with Gasteiger partial charge < -0.3 is 10.2 Å². The summed E-state index contributed by atoms with van der Waals surface area (Å²) in [5.41, 5.74) is 2.48. The molecule has 4 heteroatoms. The smallest absolute Gasteiger partial charge is 0.328 e. The molecule has 0 fully saturated rings. The highest BCUT2D eigenvalue weighted by Gasteiger charge is 2.21. The second kappa shape index (κ2) is 5.02. The maximum absolute atomic E-state index is 10.7. The van der Waals surface area contributed by atoms with Gasteiger partial charge in [0.15, 0.2) is 0 Å². The predicted octanol–water partition coefficient (Wildman–Crippen LogP) is 2.83. The maximum atomic E-state index is 10.7. The van der Waals surface area contributed by atoms with E-state index in [0.29, 0.717) is 12.0 Å². The third-order valence-corrected chi connectivity index (χ3v) is 3.47. The second-order valence-corrected chi connectivity index (χ2v) is 5.07. The van der Waals surface area contributed by atoms with Crippen LogP contribution in [0.5, 0.6) is 0 Å². The Hall–Kier alpha value is -1.13. The molecule has 0 amide bonds. The fraction of sp³-hybridized carbons (Fsp3) is 0.308. The van der Waals surface area contributed by atoms with Crippen LogP contribution < -0.4 is 0 Å². The number of carbonyl (C=O) groups is 1. The number of carboxylic acids is 1. The van der Waals surface area contributed by atoms with Crippen LogP contribution in [0.3, 0.4) is 0 Å². The Bertz CT molecular complexity index is 480. The van der Waals surface area contributed by atoms with E-state index < -0.39 is 12.1 Å². The summed E-state index contributed by atoms with van der Waals surface area (Å²) < 4.78 is 0.895. The number of aliphatic hydroxyl groups excluding tert-OH is 1. The lowest BCUT2D eigenvalue weighted by Gasteiger charge is -2.14. The molecular weight excluding hydrogens is 284 g/mol. The molecule has 0 saturated heterocycles. The lowest BCUT2D eigenvalue weighted by molar-refractivity contribution is -0.131. The van der Waals surface area contributed by atoms with Crippen molar-refractivity contribution < 1.29 is 15.0 Å². The molecule has 2 N–H and O–H groups in total. The molecule has 0 radical (unpaired) electrons. The normalized spacial score (nSPS) is 22.0. The van der Waals surface area contributed by atoms with Gasteiger partial charge in [-0.1, -0.05) is 22.0 Å². The van der Waals surface area contributed by atoms with Crippen LogP contribution in [-0.2, 0) is 11.2 Å². The summed E-state index contributed by atoms with van der Waals surface area (Å²) in [6, 6.07) is 5.78. The molecule has 0 bridgehead atoms. The minimum Gasteiger partial charge on any atom is -0.478 e. The third kappa shape index (κ3) is 2.76. The van der Waals surface area contributed by atoms with E-state index in [4.69, 9.17) is 5.11 Å². The summed E-state index contributed by atoms with van der Waals surface area (Å²) in [6.07, 6.45) is 2.68. The van der Waals surface area contributed by atoms with E-state index in [2.05, 4.69) is 15.9 Å². The zero-order valence-electron chi connectivity index (χ0n) is 9.19. The van der Waals surface area contributed by atoms with Crippen LogP contribution in [0.15, 0.2) is 34.3 Å². The maximum Gasteiger partial charge on any atom is 0.328 e. The Morgan fingerprint density at radius 2 is 2.18 bits per heavy atom. The number of rotatable bonds is 1. The molecule has 1 aliphatic carbocycles.